The van der Waals surface area contributed by atoms with Gasteiger partial charge in [0.2, 0.25) is 11.8 Å². The number of imide groups is 2. The summed E-state index contributed by atoms with van der Waals surface area (Å²) in [6, 6.07) is 20.9. The molecule has 3 aromatic rings. The van der Waals surface area contributed by atoms with E-state index in [2.05, 4.69) is 0 Å². The quantitative estimate of drug-likeness (QED) is 0.306. The molecule has 218 valence electrons. The van der Waals surface area contributed by atoms with E-state index in [0.29, 0.717) is 37.3 Å². The van der Waals surface area contributed by atoms with E-state index in [4.69, 9.17) is 9.47 Å². The van der Waals surface area contributed by atoms with Crippen molar-refractivity contribution in [1.29, 1.82) is 0 Å². The summed E-state index contributed by atoms with van der Waals surface area (Å²) >= 11 is 0. The third kappa shape index (κ3) is 6.05. The van der Waals surface area contributed by atoms with Crippen molar-refractivity contribution in [3.63, 3.8) is 0 Å². The molecule has 42 heavy (non-hydrogen) atoms. The van der Waals surface area contributed by atoms with Crippen molar-refractivity contribution in [2.24, 2.45) is 0 Å². The Hall–Kier alpha value is -4.54. The number of methoxy groups -OCH3 is 2. The minimum atomic E-state index is -0.499. The monoisotopic (exact) mass is 572 g/mol. The van der Waals surface area contributed by atoms with Gasteiger partial charge in [0, 0.05) is 12.8 Å². The van der Waals surface area contributed by atoms with E-state index < -0.39 is 12.1 Å². The van der Waals surface area contributed by atoms with Gasteiger partial charge in [0.15, 0.2) is 12.1 Å². The van der Waals surface area contributed by atoms with Gasteiger partial charge in [0.1, 0.15) is 11.5 Å². The van der Waals surface area contributed by atoms with Crippen molar-refractivity contribution in [1.82, 2.24) is 0 Å². The summed E-state index contributed by atoms with van der Waals surface area (Å²) in [7, 11) is 3.25. The molecule has 0 aliphatic carbocycles. The van der Waals surface area contributed by atoms with Gasteiger partial charge in [-0.1, -0.05) is 36.4 Å². The predicted molar refractivity (Wildman–Crippen MR) is 155 cm³/mol. The Labute approximate surface area is 244 Å². The Morgan fingerprint density at radius 2 is 1.00 bits per heavy atom. The molecule has 4 N–H and O–H groups in total. The zero-order valence-corrected chi connectivity index (χ0v) is 23.8. The normalized spacial score (nSPS) is 18.7. The second-order valence-corrected chi connectivity index (χ2v) is 10.4. The molecule has 2 saturated heterocycles. The van der Waals surface area contributed by atoms with Gasteiger partial charge in [0.05, 0.1) is 51.5 Å². The second-order valence-electron chi connectivity index (χ2n) is 10.4. The van der Waals surface area contributed by atoms with E-state index in [-0.39, 0.29) is 36.5 Å². The molecule has 0 saturated carbocycles. The molecular formula is C32H36N4O6+2. The van der Waals surface area contributed by atoms with Gasteiger partial charge < -0.3 is 20.1 Å². The Morgan fingerprint density at radius 3 is 1.38 bits per heavy atom. The highest BCUT2D eigenvalue weighted by atomic mass is 16.5. The number of quaternary nitrogens is 2. The summed E-state index contributed by atoms with van der Waals surface area (Å²) in [4.78, 5) is 54.2. The van der Waals surface area contributed by atoms with Crippen molar-refractivity contribution < 1.29 is 39.3 Å². The third-order valence-electron chi connectivity index (χ3n) is 7.84. The van der Waals surface area contributed by atoms with Gasteiger partial charge in [-0.3, -0.25) is 19.2 Å². The van der Waals surface area contributed by atoms with Crippen LogP contribution in [0, 0.1) is 0 Å². The highest BCUT2D eigenvalue weighted by Gasteiger charge is 2.44. The molecule has 2 atom stereocenters. The van der Waals surface area contributed by atoms with Gasteiger partial charge >= 0.3 is 0 Å². The number of nitrogens with two attached hydrogens (primary N) is 2. The number of ether oxygens (including phenoxy) is 2. The fraction of sp³-hybridized carbons (Fsp3) is 0.312. The Kier molecular flexibility index (Phi) is 8.94. The highest BCUT2D eigenvalue weighted by molar-refractivity contribution is 6.23. The number of amides is 4. The average molecular weight is 573 g/mol. The minimum absolute atomic E-state index is 0.113. The van der Waals surface area contributed by atoms with Crippen LogP contribution >= 0.6 is 0 Å². The first-order valence-corrected chi connectivity index (χ1v) is 14.2. The number of rotatable bonds is 12. The maximum absolute atomic E-state index is 13.1. The van der Waals surface area contributed by atoms with Crippen LogP contribution in [0.25, 0.3) is 0 Å². The van der Waals surface area contributed by atoms with Gasteiger partial charge in [-0.25, -0.2) is 9.80 Å². The first-order chi connectivity index (χ1) is 20.4. The first kappa shape index (κ1) is 29.0. The Balaban J connectivity index is 1.17. The molecule has 0 unspecified atom stereocenters. The average Bonchev–Trinajstić information content (AvgIpc) is 3.45. The number of nitrogens with zero attached hydrogens (tertiary/aromatic N) is 2. The molecule has 2 aliphatic heterocycles. The molecule has 0 bridgehead atoms. The molecule has 2 fully saturated rings. The summed E-state index contributed by atoms with van der Waals surface area (Å²) in [5.74, 6) is 0.507. The fourth-order valence-electron chi connectivity index (χ4n) is 5.67. The van der Waals surface area contributed by atoms with Crippen LogP contribution in [0.4, 0.5) is 11.4 Å². The summed E-state index contributed by atoms with van der Waals surface area (Å²) in [6.45, 7) is 1.26. The van der Waals surface area contributed by atoms with Crippen LogP contribution in [0.3, 0.4) is 0 Å². The third-order valence-corrected chi connectivity index (χ3v) is 7.84. The van der Waals surface area contributed by atoms with Gasteiger partial charge in [-0.2, -0.15) is 0 Å². The highest BCUT2D eigenvalue weighted by Crippen LogP contribution is 2.28. The summed E-state index contributed by atoms with van der Waals surface area (Å²) in [5.41, 5.74) is 2.94. The standard InChI is InChI=1S/C32H34N4O6/c1-41-27-9-5-3-7-21(27)15-17-33-25-19-29(37)35(31(25)39)23-11-13-24(14-12-23)36-30(38)20-26(32(36)40)34-18-16-22-8-4-6-10-28(22)42-2/h3-14,25-26,33-34H,15-20H2,1-2H3/p+2/t25-,26-/m1/s1. The van der Waals surface area contributed by atoms with Crippen LogP contribution in [0.15, 0.2) is 72.8 Å². The van der Waals surface area contributed by atoms with Gasteiger partial charge in [-0.05, 0) is 47.5 Å². The number of carbonyl (C=O) groups is 4. The lowest BCUT2D eigenvalue weighted by Gasteiger charge is -2.18. The Bertz CT molecular complexity index is 1360. The van der Waals surface area contributed by atoms with Crippen LogP contribution < -0.4 is 29.9 Å². The van der Waals surface area contributed by atoms with Crippen LogP contribution in [0.2, 0.25) is 0 Å². The maximum atomic E-state index is 13.1. The SMILES string of the molecule is COc1ccccc1CC[NH2+][C@@H]1CC(=O)N(c2ccc(N3C(=O)C[C@@H]([NH2+]CCc4ccccc4OC)C3=O)cc2)C1=O. The van der Waals surface area contributed by atoms with Crippen LogP contribution in [0.1, 0.15) is 24.0 Å². The molecule has 0 radical (unpaired) electrons. The van der Waals surface area contributed by atoms with E-state index in [0.717, 1.165) is 22.6 Å². The number of benzene rings is 3. The molecule has 0 spiro atoms. The number of anilines is 2. The van der Waals surface area contributed by atoms with Crippen LogP contribution in [0.5, 0.6) is 11.5 Å². The van der Waals surface area contributed by atoms with Crippen LogP contribution in [-0.4, -0.2) is 63.0 Å². The largest absolute Gasteiger partial charge is 0.496 e. The zero-order chi connectivity index (χ0) is 29.6. The summed E-state index contributed by atoms with van der Waals surface area (Å²) in [6.07, 6.45) is 1.63. The molecule has 4 amide bonds. The number of para-hydroxylation sites is 2. The summed E-state index contributed by atoms with van der Waals surface area (Å²) in [5, 5.41) is 3.79. The molecule has 10 nitrogen and oxygen atoms in total. The molecular weight excluding hydrogens is 536 g/mol. The number of carbonyl (C=O) groups excluding carboxylic acids is 4. The lowest BCUT2D eigenvalue weighted by Crippen LogP contribution is -2.92. The summed E-state index contributed by atoms with van der Waals surface area (Å²) < 4.78 is 10.8. The van der Waals surface area contributed by atoms with E-state index in [1.807, 2.05) is 59.2 Å². The topological polar surface area (TPSA) is 126 Å². The lowest BCUT2D eigenvalue weighted by atomic mass is 10.1. The molecule has 10 heteroatoms. The fourth-order valence-corrected chi connectivity index (χ4v) is 5.67. The zero-order valence-electron chi connectivity index (χ0n) is 23.8. The van der Waals surface area contributed by atoms with Crippen LogP contribution in [-0.2, 0) is 32.0 Å². The van der Waals surface area contributed by atoms with Gasteiger partial charge in [-0.15, -0.1) is 0 Å². The molecule has 0 aromatic heterocycles. The number of hydrogen-bond donors (Lipinski definition) is 2. The molecule has 5 rings (SSSR count). The van der Waals surface area contributed by atoms with Crippen molar-refractivity contribution in [3.05, 3.63) is 83.9 Å². The minimum Gasteiger partial charge on any atom is -0.496 e. The van der Waals surface area contributed by atoms with Crippen molar-refractivity contribution in [3.8, 4) is 11.5 Å². The van der Waals surface area contributed by atoms with E-state index >= 15 is 0 Å². The van der Waals surface area contributed by atoms with Gasteiger partial charge in [0.25, 0.3) is 11.8 Å². The predicted octanol–water partition coefficient (Wildman–Crippen LogP) is 0.580. The number of hydrogen-bond acceptors (Lipinski definition) is 6. The second kappa shape index (κ2) is 13.0. The molecule has 2 aliphatic rings. The molecule has 3 aromatic carbocycles. The molecule has 2 heterocycles. The van der Waals surface area contributed by atoms with Crippen molar-refractivity contribution in [2.75, 3.05) is 37.1 Å². The van der Waals surface area contributed by atoms with E-state index in [1.54, 1.807) is 38.5 Å². The first-order valence-electron chi connectivity index (χ1n) is 14.2. The van der Waals surface area contributed by atoms with E-state index in [9.17, 15) is 19.2 Å². The smallest absolute Gasteiger partial charge is 0.292 e. The van der Waals surface area contributed by atoms with Crippen molar-refractivity contribution >= 4 is 35.0 Å². The Morgan fingerprint density at radius 1 is 0.619 bits per heavy atom. The lowest BCUT2D eigenvalue weighted by molar-refractivity contribution is -0.674. The van der Waals surface area contributed by atoms with Crippen molar-refractivity contribution in [2.45, 2.75) is 37.8 Å². The van der Waals surface area contributed by atoms with E-state index in [1.165, 1.54) is 9.80 Å². The maximum Gasteiger partial charge on any atom is 0.292 e.